The molecular formula is C30H44FN5O9. The summed E-state index contributed by atoms with van der Waals surface area (Å²) >= 11 is 0. The summed E-state index contributed by atoms with van der Waals surface area (Å²) in [7, 11) is 0. The zero-order valence-corrected chi connectivity index (χ0v) is 25.3. The Morgan fingerprint density at radius 2 is 1.33 bits per heavy atom. The molecule has 0 spiro atoms. The average Bonchev–Trinajstić information content (AvgIpc) is 3.35. The van der Waals surface area contributed by atoms with Crippen LogP contribution in [0.3, 0.4) is 0 Å². The minimum Gasteiger partial charge on any atom is -0.481 e. The third kappa shape index (κ3) is 16.9. The molecule has 0 saturated heterocycles. The van der Waals surface area contributed by atoms with E-state index in [1.54, 1.807) is 0 Å². The van der Waals surface area contributed by atoms with Gasteiger partial charge in [0.1, 0.15) is 23.9 Å². The highest BCUT2D eigenvalue weighted by Gasteiger charge is 2.16. The maximum absolute atomic E-state index is 12.5. The molecular weight excluding hydrogens is 593 g/mol. The number of aliphatic hydroxyl groups is 1. The van der Waals surface area contributed by atoms with Gasteiger partial charge >= 0.3 is 23.9 Å². The van der Waals surface area contributed by atoms with Crippen LogP contribution in [0.15, 0.2) is 54.7 Å². The lowest BCUT2D eigenvalue weighted by atomic mass is 10.1. The van der Waals surface area contributed by atoms with Gasteiger partial charge < -0.3 is 53.5 Å². The molecule has 15 heteroatoms. The van der Waals surface area contributed by atoms with E-state index in [-0.39, 0.29) is 12.2 Å². The van der Waals surface area contributed by atoms with Gasteiger partial charge in [-0.2, -0.15) is 0 Å². The lowest BCUT2D eigenvalue weighted by Crippen LogP contribution is -2.39. The number of hydrogen-bond donors (Lipinski definition) is 10. The van der Waals surface area contributed by atoms with Crippen LogP contribution in [-0.4, -0.2) is 78.6 Å². The fourth-order valence-corrected chi connectivity index (χ4v) is 3.46. The quantitative estimate of drug-likeness (QED) is 0.143. The van der Waals surface area contributed by atoms with Gasteiger partial charge in [-0.05, 0) is 48.6 Å². The Bertz CT molecular complexity index is 1350. The maximum atomic E-state index is 12.5. The predicted octanol–water partition coefficient (Wildman–Crippen LogP) is 1.65. The number of aliphatic hydroxyl groups excluding tert-OH is 1. The number of hydrogen-bond acceptors (Lipinski definition) is 9. The molecule has 5 atom stereocenters. The SMILES string of the molecule is CC(C)CC(N)C(=O)O.CC(O)C(N)C(=O)O.NC(CC(=O)O)c1ccc(F)cc1.NC(Cc1c[nH]c2ccccc12)C(=O)O. The van der Waals surface area contributed by atoms with E-state index in [0.29, 0.717) is 24.3 Å². The number of rotatable bonds is 11. The van der Waals surface area contributed by atoms with Crippen molar-refractivity contribution in [2.24, 2.45) is 28.9 Å². The lowest BCUT2D eigenvalue weighted by Gasteiger charge is -2.08. The number of H-pyrrole nitrogens is 1. The minimum absolute atomic E-state index is 0.147. The van der Waals surface area contributed by atoms with Crippen LogP contribution in [0, 0.1) is 11.7 Å². The Labute approximate surface area is 259 Å². The second-order valence-corrected chi connectivity index (χ2v) is 10.4. The van der Waals surface area contributed by atoms with Crippen molar-refractivity contribution in [3.8, 4) is 0 Å². The Kier molecular flexibility index (Phi) is 18.5. The second kappa shape index (κ2) is 20.5. The van der Waals surface area contributed by atoms with Gasteiger partial charge in [0.15, 0.2) is 0 Å². The highest BCUT2D eigenvalue weighted by molar-refractivity contribution is 5.84. The number of aliphatic carboxylic acids is 4. The number of benzene rings is 2. The summed E-state index contributed by atoms with van der Waals surface area (Å²) < 4.78 is 12.5. The van der Waals surface area contributed by atoms with Gasteiger partial charge in [0, 0.05) is 29.6 Å². The summed E-state index contributed by atoms with van der Waals surface area (Å²) in [5, 5.41) is 43.1. The van der Waals surface area contributed by atoms with Crippen molar-refractivity contribution in [3.63, 3.8) is 0 Å². The number of aromatic nitrogens is 1. The van der Waals surface area contributed by atoms with Gasteiger partial charge in [-0.3, -0.25) is 19.2 Å². The molecule has 2 aromatic carbocycles. The number of carbonyl (C=O) groups is 4. The zero-order valence-electron chi connectivity index (χ0n) is 25.3. The summed E-state index contributed by atoms with van der Waals surface area (Å²) in [5.41, 5.74) is 23.7. The molecule has 45 heavy (non-hydrogen) atoms. The van der Waals surface area contributed by atoms with Gasteiger partial charge in [0.05, 0.1) is 12.5 Å². The van der Waals surface area contributed by atoms with Crippen molar-refractivity contribution in [1.82, 2.24) is 4.98 Å². The normalized spacial score (nSPS) is 13.7. The van der Waals surface area contributed by atoms with Crippen LogP contribution in [0.2, 0.25) is 0 Å². The number of fused-ring (bicyclic) bond motifs is 1. The van der Waals surface area contributed by atoms with Crippen molar-refractivity contribution in [1.29, 1.82) is 0 Å². The fraction of sp³-hybridized carbons (Fsp3) is 0.400. The first-order valence-electron chi connectivity index (χ1n) is 13.8. The molecule has 3 rings (SSSR count). The molecule has 5 unspecified atom stereocenters. The minimum atomic E-state index is -1.18. The highest BCUT2D eigenvalue weighted by atomic mass is 19.1. The molecule has 0 radical (unpaired) electrons. The number of nitrogens with one attached hydrogen (secondary N) is 1. The Balaban J connectivity index is 0.000000594. The number of nitrogens with two attached hydrogens (primary N) is 4. The van der Waals surface area contributed by atoms with Crippen LogP contribution in [0.1, 0.15) is 50.8 Å². The summed E-state index contributed by atoms with van der Waals surface area (Å²) in [4.78, 5) is 44.0. The molecule has 0 aliphatic rings. The van der Waals surface area contributed by atoms with E-state index >= 15 is 0 Å². The van der Waals surface area contributed by atoms with Crippen molar-refractivity contribution in [2.45, 2.75) is 70.3 Å². The van der Waals surface area contributed by atoms with E-state index in [0.717, 1.165) is 16.5 Å². The van der Waals surface area contributed by atoms with E-state index in [1.165, 1.54) is 31.2 Å². The average molecular weight is 638 g/mol. The van der Waals surface area contributed by atoms with Crippen LogP contribution in [-0.2, 0) is 25.6 Å². The van der Waals surface area contributed by atoms with Gasteiger partial charge in [-0.15, -0.1) is 0 Å². The Hall–Kier alpha value is -4.41. The second-order valence-electron chi connectivity index (χ2n) is 10.4. The predicted molar refractivity (Wildman–Crippen MR) is 166 cm³/mol. The molecule has 3 aromatic rings. The van der Waals surface area contributed by atoms with Gasteiger partial charge in [0.25, 0.3) is 0 Å². The van der Waals surface area contributed by atoms with Crippen molar-refractivity contribution in [2.75, 3.05) is 0 Å². The first-order valence-corrected chi connectivity index (χ1v) is 13.8. The van der Waals surface area contributed by atoms with Crippen molar-refractivity contribution in [3.05, 3.63) is 71.7 Å². The van der Waals surface area contributed by atoms with Crippen molar-refractivity contribution >= 4 is 34.8 Å². The summed E-state index contributed by atoms with van der Waals surface area (Å²) in [6, 6.07) is 9.99. The van der Waals surface area contributed by atoms with Crippen LogP contribution < -0.4 is 22.9 Å². The number of aromatic amines is 1. The first-order chi connectivity index (χ1) is 20.9. The molecule has 14 N–H and O–H groups in total. The molecule has 1 heterocycles. The van der Waals surface area contributed by atoms with E-state index in [9.17, 15) is 23.6 Å². The van der Waals surface area contributed by atoms with Crippen LogP contribution in [0.4, 0.5) is 4.39 Å². The highest BCUT2D eigenvalue weighted by Crippen LogP contribution is 2.18. The third-order valence-electron chi connectivity index (χ3n) is 5.97. The van der Waals surface area contributed by atoms with Gasteiger partial charge in [-0.25, -0.2) is 4.39 Å². The monoisotopic (exact) mass is 637 g/mol. The van der Waals surface area contributed by atoms with Crippen LogP contribution >= 0.6 is 0 Å². The first kappa shape index (κ1) is 40.6. The lowest BCUT2D eigenvalue weighted by molar-refractivity contribution is -0.141. The fourth-order valence-electron chi connectivity index (χ4n) is 3.46. The van der Waals surface area contributed by atoms with Gasteiger partial charge in [-0.1, -0.05) is 44.2 Å². The molecule has 0 fully saturated rings. The summed E-state index contributed by atoms with van der Waals surface area (Å²) in [6.45, 7) is 5.23. The Morgan fingerprint density at radius 1 is 0.800 bits per heavy atom. The molecule has 1 aromatic heterocycles. The number of para-hydroxylation sites is 1. The van der Waals surface area contributed by atoms with E-state index in [1.807, 2.05) is 44.3 Å². The Morgan fingerprint density at radius 3 is 1.73 bits per heavy atom. The molecule has 0 amide bonds. The maximum Gasteiger partial charge on any atom is 0.323 e. The molecule has 0 bridgehead atoms. The molecule has 0 saturated carbocycles. The molecule has 14 nitrogen and oxygen atoms in total. The third-order valence-corrected chi connectivity index (χ3v) is 5.97. The topological polar surface area (TPSA) is 289 Å². The smallest absolute Gasteiger partial charge is 0.323 e. The number of halogens is 1. The van der Waals surface area contributed by atoms with Crippen LogP contribution in [0.25, 0.3) is 10.9 Å². The molecule has 0 aliphatic carbocycles. The summed E-state index contributed by atoms with van der Waals surface area (Å²) in [6.07, 6.45) is 1.58. The van der Waals surface area contributed by atoms with E-state index in [2.05, 4.69) is 4.98 Å². The number of carboxylic acids is 4. The standard InChI is InChI=1S/C11H12N2O2.C9H10FNO2.C6H13NO2.C4H9NO3/c12-9(11(14)15)5-7-6-13-10-4-2-1-3-8(7)10;10-7-3-1-6(2-4-7)8(11)5-9(12)13;1-4(2)3-5(7)6(8)9;1-2(6)3(5)4(7)8/h1-4,6,9,13H,5,12H2,(H,14,15);1-4,8H,5,11H2,(H,12,13);4-5H,3,7H2,1-2H3,(H,8,9);2-3,6H,5H2,1H3,(H,7,8). The van der Waals surface area contributed by atoms with E-state index < -0.39 is 54.1 Å². The van der Waals surface area contributed by atoms with E-state index in [4.69, 9.17) is 48.5 Å². The largest absolute Gasteiger partial charge is 0.481 e. The molecule has 0 aliphatic heterocycles. The van der Waals surface area contributed by atoms with Crippen LogP contribution in [0.5, 0.6) is 0 Å². The number of carboxylic acid groups (broad SMARTS) is 4. The van der Waals surface area contributed by atoms with Gasteiger partial charge in [0.2, 0.25) is 0 Å². The molecule has 250 valence electrons. The zero-order chi connectivity index (χ0) is 34.9. The summed E-state index contributed by atoms with van der Waals surface area (Å²) in [5.74, 6) is -4.02. The van der Waals surface area contributed by atoms with Crippen molar-refractivity contribution < 1.29 is 49.1 Å².